The van der Waals surface area contributed by atoms with Crippen LogP contribution in [-0.2, 0) is 35.7 Å². The van der Waals surface area contributed by atoms with Crippen LogP contribution < -0.4 is 22.1 Å². The fourth-order valence-corrected chi connectivity index (χ4v) is 9.19. The molecule has 20 heteroatoms. The van der Waals surface area contributed by atoms with Crippen LogP contribution in [0, 0.1) is 32.1 Å². The van der Waals surface area contributed by atoms with Crippen molar-refractivity contribution in [2.24, 2.45) is 23.3 Å². The summed E-state index contributed by atoms with van der Waals surface area (Å²) in [4.78, 5) is 105. The van der Waals surface area contributed by atoms with Crippen LogP contribution in [0.3, 0.4) is 0 Å². The summed E-state index contributed by atoms with van der Waals surface area (Å²) in [6.45, 7) is 12.4. The molecular weight excluding hydrogens is 857 g/mol. The highest BCUT2D eigenvalue weighted by Gasteiger charge is 2.56. The molecule has 3 aromatic carbocycles. The smallest absolute Gasteiger partial charge is 0.405 e. The highest BCUT2D eigenvalue weighted by molar-refractivity contribution is 5.98. The van der Waals surface area contributed by atoms with Crippen LogP contribution in [0.15, 0.2) is 60.7 Å². The van der Waals surface area contributed by atoms with Gasteiger partial charge in [-0.2, -0.15) is 0 Å². The monoisotopic (exact) mass is 912 g/mol. The molecule has 2 aliphatic rings. The Morgan fingerprint density at radius 1 is 0.682 bits per heavy atom. The predicted octanol–water partition coefficient (Wildman–Crippen LogP) is 5.58. The lowest BCUT2D eigenvalue weighted by molar-refractivity contribution is -0.386. The molecule has 20 nitrogen and oxygen atoms in total. The number of primary amides is 2. The molecule has 0 radical (unpaired) electrons. The molecule has 0 bridgehead atoms. The molecule has 0 saturated carbocycles. The minimum atomic E-state index is -2.04. The molecule has 6 amide bonds. The number of nitrogens with zero attached hydrogens (tertiary/aromatic N) is 4. The van der Waals surface area contributed by atoms with Gasteiger partial charge in [0.2, 0.25) is 23.6 Å². The van der Waals surface area contributed by atoms with Gasteiger partial charge in [-0.15, -0.1) is 0 Å². The number of rotatable bonds is 15. The van der Waals surface area contributed by atoms with Gasteiger partial charge in [0, 0.05) is 25.2 Å². The van der Waals surface area contributed by atoms with Crippen molar-refractivity contribution in [2.45, 2.75) is 103 Å². The van der Waals surface area contributed by atoms with E-state index in [1.165, 1.54) is 36.4 Å². The Hall–Kier alpha value is -7.38. The van der Waals surface area contributed by atoms with E-state index < -0.39 is 92.0 Å². The lowest BCUT2D eigenvalue weighted by Crippen LogP contribution is -2.59. The van der Waals surface area contributed by atoms with Gasteiger partial charge in [0.25, 0.3) is 11.4 Å². The maximum absolute atomic E-state index is 14.0. The number of benzene rings is 3. The second-order valence-corrected chi connectivity index (χ2v) is 18.4. The number of carbonyl (C=O) groups excluding carboxylic acids is 4. The van der Waals surface area contributed by atoms with Crippen molar-refractivity contribution in [3.05, 3.63) is 114 Å². The average molecular weight is 913 g/mol. The Labute approximate surface area is 380 Å². The molecule has 0 aromatic heterocycles. The molecule has 2 heterocycles. The fourth-order valence-electron chi connectivity index (χ4n) is 9.19. The van der Waals surface area contributed by atoms with Crippen molar-refractivity contribution in [2.75, 3.05) is 13.1 Å². The van der Waals surface area contributed by atoms with Crippen molar-refractivity contribution in [3.63, 3.8) is 0 Å². The standard InChI is InChI=1S/C46H56N8O12/c1-25(2)36(49-42(59)60)38(55)51-20-8-18-45(51,40(47)57)32-16-10-27(23-34(32)53(63)64)22-31(28-11-14-30(15-12-28)44(5,6)7)29-13-17-33(35(24-29)54(65)66)46(41(48)58)19-9-21-52(46)39(56)37(26(3)4)50-43(61)62/h10-17,22-26,36-37,49-50H,8-9,18-21H2,1-7H3,(H2,47,57)(H2,48,58)(H,59,60)(H,61,62)/t36-,37-,45-,46-/m0/s1. The van der Waals surface area contributed by atoms with Crippen LogP contribution in [0.4, 0.5) is 21.0 Å². The number of carboxylic acid groups (broad SMARTS) is 2. The second kappa shape index (κ2) is 19.0. The van der Waals surface area contributed by atoms with Gasteiger partial charge in [-0.1, -0.05) is 84.9 Å². The minimum absolute atomic E-state index is 0.0466. The zero-order chi connectivity index (χ0) is 49.2. The Bertz CT molecular complexity index is 2500. The van der Waals surface area contributed by atoms with Crippen LogP contribution >= 0.6 is 0 Å². The lowest BCUT2D eigenvalue weighted by Gasteiger charge is -2.38. The molecule has 5 rings (SSSR count). The highest BCUT2D eigenvalue weighted by atomic mass is 16.6. The van der Waals surface area contributed by atoms with Crippen LogP contribution in [-0.4, -0.2) is 90.8 Å². The maximum atomic E-state index is 14.0. The van der Waals surface area contributed by atoms with Gasteiger partial charge in [-0.3, -0.25) is 39.4 Å². The molecule has 352 valence electrons. The molecular formula is C46H56N8O12. The van der Waals surface area contributed by atoms with Gasteiger partial charge in [-0.05, 0) is 89.0 Å². The molecule has 66 heavy (non-hydrogen) atoms. The summed E-state index contributed by atoms with van der Waals surface area (Å²) in [6.07, 6.45) is -1.17. The van der Waals surface area contributed by atoms with Crippen molar-refractivity contribution >= 4 is 58.8 Å². The molecule has 2 aliphatic heterocycles. The van der Waals surface area contributed by atoms with Gasteiger partial charge in [0.05, 0.1) is 21.0 Å². The third kappa shape index (κ3) is 9.38. The first-order valence-corrected chi connectivity index (χ1v) is 21.4. The van der Waals surface area contributed by atoms with Crippen LogP contribution in [0.1, 0.15) is 108 Å². The Balaban J connectivity index is 1.74. The molecule has 0 unspecified atom stereocenters. The van der Waals surface area contributed by atoms with E-state index in [4.69, 9.17) is 11.5 Å². The molecule has 4 atom stereocenters. The van der Waals surface area contributed by atoms with Gasteiger partial charge < -0.3 is 42.1 Å². The van der Waals surface area contributed by atoms with E-state index in [1.54, 1.807) is 45.9 Å². The number of nitrogens with two attached hydrogens (primary N) is 2. The summed E-state index contributed by atoms with van der Waals surface area (Å²) >= 11 is 0. The summed E-state index contributed by atoms with van der Waals surface area (Å²) in [5.41, 5.74) is 8.38. The molecule has 8 N–H and O–H groups in total. The van der Waals surface area contributed by atoms with E-state index in [2.05, 4.69) is 10.6 Å². The zero-order valence-corrected chi connectivity index (χ0v) is 37.8. The Morgan fingerprint density at radius 2 is 1.09 bits per heavy atom. The predicted molar refractivity (Wildman–Crippen MR) is 242 cm³/mol. The minimum Gasteiger partial charge on any atom is -0.465 e. The summed E-state index contributed by atoms with van der Waals surface area (Å²) < 4.78 is 0. The lowest BCUT2D eigenvalue weighted by atomic mass is 9.82. The number of nitrogens with one attached hydrogen (secondary N) is 2. The van der Waals surface area contributed by atoms with Gasteiger partial charge in [0.15, 0.2) is 11.1 Å². The molecule has 3 aromatic rings. The Morgan fingerprint density at radius 3 is 1.47 bits per heavy atom. The van der Waals surface area contributed by atoms with Gasteiger partial charge in [-0.25, -0.2) is 9.59 Å². The number of nitro benzene ring substituents is 2. The van der Waals surface area contributed by atoms with Crippen LogP contribution in [0.5, 0.6) is 0 Å². The van der Waals surface area contributed by atoms with E-state index in [0.717, 1.165) is 15.4 Å². The SMILES string of the molecule is CC(C)[C@H](NC(=O)O)C(=O)N1CCC[C@@]1(C(N)=O)c1ccc(C=C(c2ccc(C(C)(C)C)cc2)c2ccc([C@]3(C(N)=O)CCCN3C(=O)[C@@H](NC(=O)O)C(C)C)c([N+](=O)[O-])c2)cc1[N+](=O)[O-]. The van der Waals surface area contributed by atoms with Crippen LogP contribution in [0.25, 0.3) is 11.6 Å². The van der Waals surface area contributed by atoms with E-state index in [1.807, 2.05) is 32.9 Å². The molecule has 2 saturated heterocycles. The van der Waals surface area contributed by atoms with Crippen molar-refractivity contribution < 1.29 is 48.8 Å². The third-order valence-corrected chi connectivity index (χ3v) is 12.5. The number of amides is 6. The van der Waals surface area contributed by atoms with E-state index in [9.17, 15) is 59.2 Å². The van der Waals surface area contributed by atoms with Crippen LogP contribution in [0.2, 0.25) is 0 Å². The number of hydrogen-bond donors (Lipinski definition) is 6. The fraction of sp³-hybridized carbons (Fsp3) is 0.435. The number of hydrogen-bond acceptors (Lipinski definition) is 10. The van der Waals surface area contributed by atoms with Crippen molar-refractivity contribution in [1.82, 2.24) is 20.4 Å². The first-order chi connectivity index (χ1) is 30.8. The van der Waals surface area contributed by atoms with Gasteiger partial charge >= 0.3 is 12.2 Å². The molecule has 0 spiro atoms. The van der Waals surface area contributed by atoms with Crippen molar-refractivity contribution in [3.8, 4) is 0 Å². The topological polar surface area (TPSA) is 312 Å². The molecule has 0 aliphatic carbocycles. The second-order valence-electron chi connectivity index (χ2n) is 18.4. The normalized spacial score (nSPS) is 19.6. The summed E-state index contributed by atoms with van der Waals surface area (Å²) in [6, 6.07) is 12.7. The first-order valence-electron chi connectivity index (χ1n) is 21.4. The number of likely N-dealkylation sites (tertiary alicyclic amines) is 2. The Kier molecular flexibility index (Phi) is 14.3. The van der Waals surface area contributed by atoms with E-state index >= 15 is 0 Å². The van der Waals surface area contributed by atoms with E-state index in [-0.39, 0.29) is 66.4 Å². The quantitative estimate of drug-likeness (QED) is 0.0619. The first kappa shape index (κ1) is 49.6. The van der Waals surface area contributed by atoms with E-state index in [0.29, 0.717) is 11.1 Å². The average Bonchev–Trinajstić information content (AvgIpc) is 3.90. The highest BCUT2D eigenvalue weighted by Crippen LogP contribution is 2.47. The molecule has 2 fully saturated rings. The number of nitro groups is 2. The number of carbonyl (C=O) groups is 6. The third-order valence-electron chi connectivity index (χ3n) is 12.5. The van der Waals surface area contributed by atoms with Gasteiger partial charge in [0.1, 0.15) is 12.1 Å². The van der Waals surface area contributed by atoms with Crippen molar-refractivity contribution in [1.29, 1.82) is 0 Å². The summed E-state index contributed by atoms with van der Waals surface area (Å²) in [5.74, 6) is -4.82. The largest absolute Gasteiger partial charge is 0.465 e. The summed E-state index contributed by atoms with van der Waals surface area (Å²) in [7, 11) is 0. The summed E-state index contributed by atoms with van der Waals surface area (Å²) in [5, 5.41) is 49.4. The maximum Gasteiger partial charge on any atom is 0.405 e. The zero-order valence-electron chi connectivity index (χ0n) is 37.8.